The normalized spacial score (nSPS) is 14.4. The number of ether oxygens (including phenoxy) is 1. The number of esters is 1. The molecule has 1 aliphatic rings. The molecule has 0 bridgehead atoms. The highest BCUT2D eigenvalue weighted by atomic mass is 32.2. The maximum atomic E-state index is 12.8. The fourth-order valence-corrected chi connectivity index (χ4v) is 5.16. The number of nitrogens with one attached hydrogen (secondary N) is 1. The number of fused-ring (bicyclic) bond motifs is 1. The predicted molar refractivity (Wildman–Crippen MR) is 130 cm³/mol. The summed E-state index contributed by atoms with van der Waals surface area (Å²) in [5, 5.41) is 15.4. The van der Waals surface area contributed by atoms with E-state index in [2.05, 4.69) is 25.3 Å². The lowest BCUT2D eigenvalue weighted by molar-refractivity contribution is -0.106. The Hall–Kier alpha value is -2.81. The highest BCUT2D eigenvalue weighted by Gasteiger charge is 2.35. The standard InChI is InChI=1S/C21H27F3N6O4S2/c1-4-8-34-19(31)18-26-28-20(35-18)27-25-15-9-14-6-5-7-30(11-13(2)3)17(14)10-16(15)29-36(32,33)12-21(22,23)24/h9-10,13,29H,4-8,11-12H2,1-3H3. The minimum atomic E-state index is -4.92. The van der Waals surface area contributed by atoms with Crippen LogP contribution in [0.2, 0.25) is 0 Å². The predicted octanol–water partition coefficient (Wildman–Crippen LogP) is 5.23. The zero-order chi connectivity index (χ0) is 26.5. The van der Waals surface area contributed by atoms with Crippen molar-refractivity contribution in [3.05, 3.63) is 22.7 Å². The van der Waals surface area contributed by atoms with Crippen LogP contribution in [-0.2, 0) is 21.2 Å². The van der Waals surface area contributed by atoms with Crippen LogP contribution in [0.3, 0.4) is 0 Å². The van der Waals surface area contributed by atoms with Gasteiger partial charge >= 0.3 is 12.1 Å². The van der Waals surface area contributed by atoms with Crippen LogP contribution in [0, 0.1) is 5.92 Å². The van der Waals surface area contributed by atoms with Crippen molar-refractivity contribution in [2.45, 2.75) is 46.2 Å². The molecule has 1 aliphatic heterocycles. The second-order valence-electron chi connectivity index (χ2n) is 8.64. The van der Waals surface area contributed by atoms with Crippen LogP contribution in [-0.4, -0.2) is 56.2 Å². The number of alkyl halides is 3. The second kappa shape index (κ2) is 11.5. The zero-order valence-corrected chi connectivity index (χ0v) is 21.6. The van der Waals surface area contributed by atoms with Gasteiger partial charge in [0.05, 0.1) is 12.3 Å². The molecule has 1 N–H and O–H groups in total. The Morgan fingerprint density at radius 3 is 2.69 bits per heavy atom. The number of benzene rings is 1. The van der Waals surface area contributed by atoms with E-state index in [4.69, 9.17) is 4.74 Å². The largest absolute Gasteiger partial charge is 0.460 e. The molecule has 10 nitrogen and oxygen atoms in total. The molecule has 0 spiro atoms. The van der Waals surface area contributed by atoms with Crippen molar-refractivity contribution in [2.75, 3.05) is 35.1 Å². The fourth-order valence-electron chi connectivity index (χ4n) is 3.60. The molecule has 2 aromatic rings. The van der Waals surface area contributed by atoms with Crippen molar-refractivity contribution in [3.63, 3.8) is 0 Å². The number of halogens is 3. The van der Waals surface area contributed by atoms with Crippen molar-refractivity contribution in [3.8, 4) is 0 Å². The third kappa shape index (κ3) is 7.85. The smallest absolute Gasteiger partial charge is 0.404 e. The molecular weight excluding hydrogens is 521 g/mol. The highest BCUT2D eigenvalue weighted by Crippen LogP contribution is 2.39. The van der Waals surface area contributed by atoms with Crippen LogP contribution in [0.25, 0.3) is 0 Å². The minimum absolute atomic E-state index is 0.00158. The summed E-state index contributed by atoms with van der Waals surface area (Å²) in [6, 6.07) is 3.10. The van der Waals surface area contributed by atoms with Crippen LogP contribution in [0.15, 0.2) is 22.4 Å². The molecule has 0 amide bonds. The lowest BCUT2D eigenvalue weighted by Crippen LogP contribution is -2.33. The van der Waals surface area contributed by atoms with E-state index in [0.717, 1.165) is 35.6 Å². The second-order valence-corrected chi connectivity index (χ2v) is 11.3. The van der Waals surface area contributed by atoms with Gasteiger partial charge in [0.1, 0.15) is 5.69 Å². The summed E-state index contributed by atoms with van der Waals surface area (Å²) in [7, 11) is -4.76. The summed E-state index contributed by atoms with van der Waals surface area (Å²) in [5.74, 6) is -2.38. The van der Waals surface area contributed by atoms with Crippen LogP contribution in [0.1, 0.15) is 49.0 Å². The molecule has 15 heteroatoms. The lowest BCUT2D eigenvalue weighted by Gasteiger charge is -2.33. The van der Waals surface area contributed by atoms with Crippen LogP contribution >= 0.6 is 11.3 Å². The Bertz CT molecular complexity index is 1210. The van der Waals surface area contributed by atoms with Gasteiger partial charge in [-0.15, -0.1) is 20.4 Å². The molecule has 198 valence electrons. The molecule has 36 heavy (non-hydrogen) atoms. The van der Waals surface area contributed by atoms with Gasteiger partial charge in [0.15, 0.2) is 5.75 Å². The number of rotatable bonds is 10. The van der Waals surface area contributed by atoms with Gasteiger partial charge in [0, 0.05) is 18.8 Å². The van der Waals surface area contributed by atoms with Gasteiger partial charge in [0.2, 0.25) is 15.0 Å². The SMILES string of the molecule is CCCOC(=O)c1nnc(N=Nc2cc3c(cc2NS(=O)(=O)CC(F)(F)F)N(CC(C)C)CCC3)s1. The number of hydrogen-bond donors (Lipinski definition) is 1. The fraction of sp³-hybridized carbons (Fsp3) is 0.571. The highest BCUT2D eigenvalue weighted by molar-refractivity contribution is 7.92. The molecule has 0 saturated heterocycles. The summed E-state index contributed by atoms with van der Waals surface area (Å²) in [4.78, 5) is 14.0. The Labute approximate surface area is 211 Å². The van der Waals surface area contributed by atoms with Gasteiger partial charge in [0.25, 0.3) is 5.13 Å². The molecule has 3 rings (SSSR count). The third-order valence-electron chi connectivity index (χ3n) is 4.89. The van der Waals surface area contributed by atoms with Crippen molar-refractivity contribution >= 4 is 49.5 Å². The summed E-state index contributed by atoms with van der Waals surface area (Å²) in [6.07, 6.45) is -2.73. The number of azo groups is 1. The van der Waals surface area contributed by atoms with Crippen molar-refractivity contribution in [1.82, 2.24) is 10.2 Å². The Balaban J connectivity index is 1.96. The van der Waals surface area contributed by atoms with Gasteiger partial charge in [-0.05, 0) is 42.9 Å². The molecule has 0 saturated carbocycles. The number of sulfonamides is 1. The first-order chi connectivity index (χ1) is 16.9. The number of aryl methyl sites for hydroxylation is 1. The first kappa shape index (κ1) is 27.8. The quantitative estimate of drug-likeness (QED) is 0.318. The average molecular weight is 549 g/mol. The van der Waals surface area contributed by atoms with E-state index in [1.165, 1.54) is 6.07 Å². The molecule has 0 fully saturated rings. The van der Waals surface area contributed by atoms with E-state index in [-0.39, 0.29) is 28.1 Å². The number of anilines is 2. The zero-order valence-electron chi connectivity index (χ0n) is 20.0. The molecular formula is C21H27F3N6O4S2. The molecule has 2 heterocycles. The monoisotopic (exact) mass is 548 g/mol. The van der Waals surface area contributed by atoms with E-state index >= 15 is 0 Å². The van der Waals surface area contributed by atoms with Crippen LogP contribution < -0.4 is 9.62 Å². The summed E-state index contributed by atoms with van der Waals surface area (Å²) < 4.78 is 70.0. The molecule has 0 atom stereocenters. The number of carbonyl (C=O) groups excluding carboxylic acids is 1. The molecule has 0 radical (unpaired) electrons. The summed E-state index contributed by atoms with van der Waals surface area (Å²) in [6.45, 7) is 7.58. The maximum absolute atomic E-state index is 12.8. The van der Waals surface area contributed by atoms with Gasteiger partial charge in [-0.3, -0.25) is 4.72 Å². The topological polar surface area (TPSA) is 126 Å². The number of aromatic nitrogens is 2. The van der Waals surface area contributed by atoms with Crippen molar-refractivity contribution in [1.29, 1.82) is 0 Å². The number of carbonyl (C=O) groups is 1. The first-order valence-electron chi connectivity index (χ1n) is 11.3. The number of nitrogens with zero attached hydrogens (tertiary/aromatic N) is 5. The van der Waals surface area contributed by atoms with E-state index < -0.39 is 27.9 Å². The molecule has 1 aromatic carbocycles. The summed E-state index contributed by atoms with van der Waals surface area (Å²) in [5.41, 5.74) is 1.49. The number of hydrogen-bond acceptors (Lipinski definition) is 10. The van der Waals surface area contributed by atoms with E-state index in [1.54, 1.807) is 6.07 Å². The molecule has 1 aromatic heterocycles. The van der Waals surface area contributed by atoms with Gasteiger partial charge in [-0.2, -0.15) is 13.2 Å². The maximum Gasteiger partial charge on any atom is 0.404 e. The Kier molecular flexibility index (Phi) is 8.87. The van der Waals surface area contributed by atoms with Gasteiger partial charge in [-0.1, -0.05) is 32.1 Å². The average Bonchev–Trinajstić information content (AvgIpc) is 3.23. The van der Waals surface area contributed by atoms with E-state index in [0.29, 0.717) is 25.3 Å². The Morgan fingerprint density at radius 2 is 2.03 bits per heavy atom. The van der Waals surface area contributed by atoms with E-state index in [1.807, 2.05) is 25.5 Å². The van der Waals surface area contributed by atoms with Crippen molar-refractivity contribution in [2.24, 2.45) is 16.1 Å². The molecule has 0 unspecified atom stereocenters. The lowest BCUT2D eigenvalue weighted by atomic mass is 9.99. The van der Waals surface area contributed by atoms with Gasteiger partial charge in [-0.25, -0.2) is 13.2 Å². The molecule has 0 aliphatic carbocycles. The minimum Gasteiger partial charge on any atom is -0.460 e. The van der Waals surface area contributed by atoms with E-state index in [9.17, 15) is 26.4 Å². The van der Waals surface area contributed by atoms with Crippen molar-refractivity contribution < 1.29 is 31.1 Å². The Morgan fingerprint density at radius 1 is 1.28 bits per heavy atom. The van der Waals surface area contributed by atoms with Gasteiger partial charge < -0.3 is 9.64 Å². The first-order valence-corrected chi connectivity index (χ1v) is 13.7. The third-order valence-corrected chi connectivity index (χ3v) is 6.91. The summed E-state index contributed by atoms with van der Waals surface area (Å²) >= 11 is 0.821. The van der Waals surface area contributed by atoms with Crippen LogP contribution in [0.5, 0.6) is 0 Å². The van der Waals surface area contributed by atoms with Crippen LogP contribution in [0.4, 0.5) is 35.4 Å².